The van der Waals surface area contributed by atoms with Crippen molar-refractivity contribution in [3.63, 3.8) is 0 Å². The van der Waals surface area contributed by atoms with E-state index in [0.717, 1.165) is 12.1 Å². The molecule has 6 heteroatoms. The van der Waals surface area contributed by atoms with Crippen LogP contribution < -0.4 is 10.5 Å². The van der Waals surface area contributed by atoms with Crippen LogP contribution in [0.1, 0.15) is 0 Å². The average Bonchev–Trinajstić information content (AvgIpc) is 2.23. The Morgan fingerprint density at radius 2 is 1.94 bits per heavy atom. The maximum Gasteiger partial charge on any atom is 0.326 e. The summed E-state index contributed by atoms with van der Waals surface area (Å²) in [6.45, 7) is -0.213. The summed E-state index contributed by atoms with van der Waals surface area (Å²) in [5.74, 6) is -2.21. The van der Waals surface area contributed by atoms with Gasteiger partial charge in [0, 0.05) is 18.2 Å². The number of benzene rings is 1. The van der Waals surface area contributed by atoms with E-state index >= 15 is 0 Å². The molecule has 1 aromatic carbocycles. The summed E-state index contributed by atoms with van der Waals surface area (Å²) in [7, 11) is 1.18. The summed E-state index contributed by atoms with van der Waals surface area (Å²) >= 11 is 0. The van der Waals surface area contributed by atoms with Gasteiger partial charge in [-0.25, -0.2) is 8.78 Å². The summed E-state index contributed by atoms with van der Waals surface area (Å²) in [6, 6.07) is 1.71. The lowest BCUT2D eigenvalue weighted by molar-refractivity contribution is -0.142. The summed E-state index contributed by atoms with van der Waals surface area (Å²) in [4.78, 5) is 10.9. The van der Waals surface area contributed by atoms with Gasteiger partial charge in [-0.1, -0.05) is 0 Å². The van der Waals surface area contributed by atoms with Gasteiger partial charge in [0.15, 0.2) is 0 Å². The number of ether oxygens (including phenoxy) is 2. The highest BCUT2D eigenvalue weighted by Crippen LogP contribution is 2.15. The molecule has 2 N–H and O–H groups in total. The molecule has 0 spiro atoms. The maximum absolute atomic E-state index is 12.7. The lowest BCUT2D eigenvalue weighted by Gasteiger charge is -2.11. The fraction of sp³-hybridized carbons (Fsp3) is 0.300. The minimum Gasteiger partial charge on any atom is -0.491 e. The number of hydrogen-bond acceptors (Lipinski definition) is 4. The number of nitrogens with two attached hydrogens (primary N) is 1. The molecular weight excluding hydrogens is 220 g/mol. The van der Waals surface area contributed by atoms with Gasteiger partial charge in [-0.15, -0.1) is 0 Å². The Kier molecular flexibility index (Phi) is 4.19. The molecule has 16 heavy (non-hydrogen) atoms. The van der Waals surface area contributed by atoms with Gasteiger partial charge >= 0.3 is 5.97 Å². The molecule has 0 amide bonds. The second kappa shape index (κ2) is 5.41. The zero-order chi connectivity index (χ0) is 12.1. The number of carbonyl (C=O) groups excluding carboxylic acids is 1. The molecule has 0 heterocycles. The van der Waals surface area contributed by atoms with Crippen molar-refractivity contribution in [2.24, 2.45) is 5.73 Å². The minimum atomic E-state index is -0.990. The Hall–Kier alpha value is -1.69. The first-order valence-electron chi connectivity index (χ1n) is 4.45. The first-order chi connectivity index (χ1) is 7.52. The first-order valence-corrected chi connectivity index (χ1v) is 4.45. The molecule has 0 aliphatic heterocycles. The third kappa shape index (κ3) is 3.47. The van der Waals surface area contributed by atoms with E-state index in [1.807, 2.05) is 0 Å². The largest absolute Gasteiger partial charge is 0.491 e. The third-order valence-electron chi connectivity index (χ3n) is 1.77. The van der Waals surface area contributed by atoms with Crippen LogP contribution in [-0.4, -0.2) is 25.7 Å². The molecule has 0 saturated carbocycles. The Bertz CT molecular complexity index is 364. The van der Waals surface area contributed by atoms with Crippen molar-refractivity contribution < 1.29 is 23.0 Å². The Morgan fingerprint density at radius 3 is 2.44 bits per heavy atom. The van der Waals surface area contributed by atoms with E-state index in [4.69, 9.17) is 10.5 Å². The van der Waals surface area contributed by atoms with Crippen LogP contribution in [0.4, 0.5) is 8.78 Å². The van der Waals surface area contributed by atoms with Gasteiger partial charge in [-0.3, -0.25) is 4.79 Å². The SMILES string of the molecule is COC(=O)C(N)COc1cc(F)cc(F)c1. The zero-order valence-electron chi connectivity index (χ0n) is 8.57. The number of hydrogen-bond donors (Lipinski definition) is 1. The maximum atomic E-state index is 12.7. The number of rotatable bonds is 4. The summed E-state index contributed by atoms with van der Waals surface area (Å²) in [5, 5.41) is 0. The van der Waals surface area contributed by atoms with E-state index in [0.29, 0.717) is 6.07 Å². The van der Waals surface area contributed by atoms with Gasteiger partial charge in [-0.2, -0.15) is 0 Å². The Labute approximate surface area is 91.0 Å². The van der Waals surface area contributed by atoms with Gasteiger partial charge in [0.2, 0.25) is 0 Å². The lowest BCUT2D eigenvalue weighted by Crippen LogP contribution is -2.37. The van der Waals surface area contributed by atoms with Crippen LogP contribution in [0, 0.1) is 11.6 Å². The van der Waals surface area contributed by atoms with Crippen molar-refractivity contribution in [3.05, 3.63) is 29.8 Å². The predicted molar refractivity (Wildman–Crippen MR) is 51.8 cm³/mol. The molecule has 0 saturated heterocycles. The highest BCUT2D eigenvalue weighted by Gasteiger charge is 2.14. The summed E-state index contributed by atoms with van der Waals surface area (Å²) < 4.78 is 34.8. The van der Waals surface area contributed by atoms with Gasteiger partial charge in [0.05, 0.1) is 7.11 Å². The second-order valence-corrected chi connectivity index (χ2v) is 3.05. The highest BCUT2D eigenvalue weighted by atomic mass is 19.1. The number of halogens is 2. The second-order valence-electron chi connectivity index (χ2n) is 3.05. The lowest BCUT2D eigenvalue weighted by atomic mass is 10.3. The normalized spacial score (nSPS) is 12.0. The molecule has 1 atom stereocenters. The van der Waals surface area contributed by atoms with E-state index in [2.05, 4.69) is 4.74 Å². The minimum absolute atomic E-state index is 0.0307. The molecule has 0 fully saturated rings. The van der Waals surface area contributed by atoms with Gasteiger partial charge in [0.25, 0.3) is 0 Å². The summed E-state index contributed by atoms with van der Waals surface area (Å²) in [6.07, 6.45) is 0. The molecule has 0 aromatic heterocycles. The van der Waals surface area contributed by atoms with E-state index in [1.165, 1.54) is 7.11 Å². The number of carbonyl (C=O) groups is 1. The van der Waals surface area contributed by atoms with Crippen molar-refractivity contribution in [2.75, 3.05) is 13.7 Å². The van der Waals surface area contributed by atoms with E-state index in [9.17, 15) is 13.6 Å². The molecule has 0 bridgehead atoms. The zero-order valence-corrected chi connectivity index (χ0v) is 8.57. The van der Waals surface area contributed by atoms with Crippen LogP contribution in [0.15, 0.2) is 18.2 Å². The molecule has 1 aromatic rings. The molecule has 0 aliphatic carbocycles. The standard InChI is InChI=1S/C10H11F2NO3/c1-15-10(14)9(13)5-16-8-3-6(11)2-7(12)4-8/h2-4,9H,5,13H2,1H3. The van der Waals surface area contributed by atoms with E-state index < -0.39 is 23.6 Å². The third-order valence-corrected chi connectivity index (χ3v) is 1.77. The quantitative estimate of drug-likeness (QED) is 0.780. The van der Waals surface area contributed by atoms with Crippen LogP contribution in [0.3, 0.4) is 0 Å². The van der Waals surface area contributed by atoms with Crippen molar-refractivity contribution in [2.45, 2.75) is 6.04 Å². The van der Waals surface area contributed by atoms with Gasteiger partial charge in [0.1, 0.15) is 30.0 Å². The van der Waals surface area contributed by atoms with Crippen molar-refractivity contribution in [3.8, 4) is 5.75 Å². The van der Waals surface area contributed by atoms with Gasteiger partial charge < -0.3 is 15.2 Å². The first kappa shape index (κ1) is 12.4. The molecular formula is C10H11F2NO3. The Balaban J connectivity index is 2.57. The van der Waals surface area contributed by atoms with Crippen LogP contribution in [0.25, 0.3) is 0 Å². The molecule has 88 valence electrons. The van der Waals surface area contributed by atoms with Crippen LogP contribution >= 0.6 is 0 Å². The van der Waals surface area contributed by atoms with Crippen molar-refractivity contribution in [1.29, 1.82) is 0 Å². The monoisotopic (exact) mass is 231 g/mol. The average molecular weight is 231 g/mol. The van der Waals surface area contributed by atoms with Crippen LogP contribution in [0.5, 0.6) is 5.75 Å². The highest BCUT2D eigenvalue weighted by molar-refractivity contribution is 5.75. The Morgan fingerprint density at radius 1 is 1.38 bits per heavy atom. The summed E-state index contributed by atoms with van der Waals surface area (Å²) in [5.41, 5.74) is 5.36. The molecule has 4 nitrogen and oxygen atoms in total. The van der Waals surface area contributed by atoms with Crippen LogP contribution in [-0.2, 0) is 9.53 Å². The number of esters is 1. The topological polar surface area (TPSA) is 61.5 Å². The molecule has 0 aliphatic rings. The van der Waals surface area contributed by atoms with Crippen molar-refractivity contribution in [1.82, 2.24) is 0 Å². The molecule has 1 rings (SSSR count). The van der Waals surface area contributed by atoms with E-state index in [-0.39, 0.29) is 12.4 Å². The van der Waals surface area contributed by atoms with Gasteiger partial charge in [-0.05, 0) is 0 Å². The van der Waals surface area contributed by atoms with Crippen molar-refractivity contribution >= 4 is 5.97 Å². The molecule has 0 radical (unpaired) electrons. The van der Waals surface area contributed by atoms with Crippen LogP contribution in [0.2, 0.25) is 0 Å². The number of methoxy groups -OCH3 is 1. The molecule has 1 unspecified atom stereocenters. The smallest absolute Gasteiger partial charge is 0.326 e. The fourth-order valence-electron chi connectivity index (χ4n) is 1.02. The fourth-order valence-corrected chi connectivity index (χ4v) is 1.02. The predicted octanol–water partition coefficient (Wildman–Crippen LogP) is 0.844. The van der Waals surface area contributed by atoms with E-state index in [1.54, 1.807) is 0 Å².